The number of phenols is 1. The van der Waals surface area contributed by atoms with Crippen LogP contribution in [0.15, 0.2) is 54.6 Å². The zero-order chi connectivity index (χ0) is 26.1. The van der Waals surface area contributed by atoms with Crippen LogP contribution in [-0.2, 0) is 32.0 Å². The summed E-state index contributed by atoms with van der Waals surface area (Å²) in [6, 6.07) is 11.6. The van der Waals surface area contributed by atoms with Crippen molar-refractivity contribution >= 4 is 23.7 Å². The number of amides is 3. The Hall–Kier alpha value is -3.92. The molecule has 2 aromatic rings. The summed E-state index contributed by atoms with van der Waals surface area (Å²) in [6.45, 7) is 2.17. The van der Waals surface area contributed by atoms with E-state index in [0.29, 0.717) is 12.0 Å². The molecule has 0 saturated carbocycles. The molecule has 1 heterocycles. The molecule has 1 saturated heterocycles. The van der Waals surface area contributed by atoms with Crippen molar-refractivity contribution in [3.8, 4) is 5.75 Å². The van der Waals surface area contributed by atoms with Crippen molar-refractivity contribution in [2.24, 2.45) is 0 Å². The first-order valence-electron chi connectivity index (χ1n) is 11.9. The molecule has 4 unspecified atom stereocenters. The molecule has 3 amide bonds. The van der Waals surface area contributed by atoms with Crippen LogP contribution in [0.4, 0.5) is 0 Å². The second kappa shape index (κ2) is 12.7. The van der Waals surface area contributed by atoms with Gasteiger partial charge in [-0.15, -0.1) is 0 Å². The van der Waals surface area contributed by atoms with Gasteiger partial charge in [0.15, 0.2) is 0 Å². The Kier molecular flexibility index (Phi) is 9.40. The molecule has 6 N–H and O–H groups in total. The quantitative estimate of drug-likeness (QED) is 0.264. The first-order chi connectivity index (χ1) is 17.2. The van der Waals surface area contributed by atoms with Crippen molar-refractivity contribution < 1.29 is 29.4 Å². The van der Waals surface area contributed by atoms with Crippen LogP contribution in [-0.4, -0.2) is 64.6 Å². The van der Waals surface area contributed by atoms with Crippen molar-refractivity contribution in [1.29, 1.82) is 0 Å². The van der Waals surface area contributed by atoms with Crippen LogP contribution >= 0.6 is 0 Å². The van der Waals surface area contributed by atoms with Gasteiger partial charge in [-0.1, -0.05) is 42.5 Å². The van der Waals surface area contributed by atoms with E-state index in [9.17, 15) is 29.4 Å². The van der Waals surface area contributed by atoms with Crippen LogP contribution in [0.5, 0.6) is 5.75 Å². The number of benzene rings is 2. The van der Waals surface area contributed by atoms with Crippen LogP contribution in [0.1, 0.15) is 30.9 Å². The molecular weight excluding hydrogens is 464 g/mol. The van der Waals surface area contributed by atoms with Gasteiger partial charge in [0.1, 0.15) is 23.9 Å². The number of aromatic hydroxyl groups is 1. The van der Waals surface area contributed by atoms with E-state index in [-0.39, 0.29) is 24.5 Å². The normalized spacial score (nSPS) is 17.4. The third kappa shape index (κ3) is 7.81. The van der Waals surface area contributed by atoms with E-state index < -0.39 is 42.0 Å². The average Bonchev–Trinajstić information content (AvgIpc) is 3.40. The van der Waals surface area contributed by atoms with Gasteiger partial charge in [0.05, 0.1) is 6.04 Å². The van der Waals surface area contributed by atoms with E-state index in [0.717, 1.165) is 18.5 Å². The van der Waals surface area contributed by atoms with E-state index in [1.165, 1.54) is 19.1 Å². The molecule has 0 bridgehead atoms. The number of carbonyl (C=O) groups is 4. The number of carboxylic acids is 1. The Morgan fingerprint density at radius 3 is 2.14 bits per heavy atom. The first kappa shape index (κ1) is 26.7. The number of aliphatic carboxylic acids is 1. The van der Waals surface area contributed by atoms with Gasteiger partial charge < -0.3 is 31.5 Å². The fourth-order valence-electron chi connectivity index (χ4n) is 3.98. The van der Waals surface area contributed by atoms with Crippen molar-refractivity contribution in [1.82, 2.24) is 21.3 Å². The topological polar surface area (TPSA) is 157 Å². The predicted octanol–water partition coefficient (Wildman–Crippen LogP) is 0.488. The van der Waals surface area contributed by atoms with E-state index in [1.54, 1.807) is 36.4 Å². The maximum absolute atomic E-state index is 13.1. The molecule has 4 atom stereocenters. The standard InChI is InChI=1S/C26H32N4O6/c1-16(23(32)30-22(26(35)36)15-17-6-3-2-4-7-17)28-25(34)21(14-18-9-11-19(31)12-10-18)29-24(33)20-8-5-13-27-20/h2-4,6-7,9-12,16,20-22,27,31H,5,8,13-15H2,1H3,(H,28,34)(H,29,33)(H,30,32)(H,35,36). The molecule has 0 spiro atoms. The summed E-state index contributed by atoms with van der Waals surface area (Å²) in [4.78, 5) is 50.2. The van der Waals surface area contributed by atoms with Gasteiger partial charge in [0, 0.05) is 12.8 Å². The highest BCUT2D eigenvalue weighted by Crippen LogP contribution is 2.13. The maximum Gasteiger partial charge on any atom is 0.326 e. The molecule has 1 fully saturated rings. The fraction of sp³-hybridized carbons (Fsp3) is 0.385. The average molecular weight is 497 g/mol. The van der Waals surface area contributed by atoms with Crippen LogP contribution in [0.2, 0.25) is 0 Å². The molecule has 0 radical (unpaired) electrons. The summed E-state index contributed by atoms with van der Waals surface area (Å²) >= 11 is 0. The van der Waals surface area contributed by atoms with Crippen molar-refractivity contribution in [3.63, 3.8) is 0 Å². The second-order valence-corrected chi connectivity index (χ2v) is 8.90. The predicted molar refractivity (Wildman–Crippen MR) is 132 cm³/mol. The van der Waals surface area contributed by atoms with Gasteiger partial charge in [0.2, 0.25) is 17.7 Å². The Labute approximate surface area is 209 Å². The zero-order valence-corrected chi connectivity index (χ0v) is 20.1. The largest absolute Gasteiger partial charge is 0.508 e. The summed E-state index contributed by atoms with van der Waals surface area (Å²) in [5.41, 5.74) is 1.46. The Morgan fingerprint density at radius 2 is 1.53 bits per heavy atom. The van der Waals surface area contributed by atoms with Crippen LogP contribution < -0.4 is 21.3 Å². The molecule has 10 nitrogen and oxygen atoms in total. The summed E-state index contributed by atoms with van der Waals surface area (Å²) in [5, 5.41) is 30.0. The van der Waals surface area contributed by atoms with E-state index >= 15 is 0 Å². The van der Waals surface area contributed by atoms with Crippen molar-refractivity contribution in [2.75, 3.05) is 6.54 Å². The minimum absolute atomic E-state index is 0.0766. The molecule has 1 aliphatic rings. The maximum atomic E-state index is 13.1. The highest BCUT2D eigenvalue weighted by Gasteiger charge is 2.30. The lowest BCUT2D eigenvalue weighted by atomic mass is 10.0. The summed E-state index contributed by atoms with van der Waals surface area (Å²) in [6.07, 6.45) is 1.76. The lowest BCUT2D eigenvalue weighted by molar-refractivity contribution is -0.142. The van der Waals surface area contributed by atoms with E-state index in [1.807, 2.05) is 6.07 Å². The molecule has 2 aromatic carbocycles. The number of phenolic OH excluding ortho intramolecular Hbond substituents is 1. The smallest absolute Gasteiger partial charge is 0.326 e. The lowest BCUT2D eigenvalue weighted by Crippen LogP contribution is -2.57. The SMILES string of the molecule is CC(NC(=O)C(Cc1ccc(O)cc1)NC(=O)C1CCCN1)C(=O)NC(Cc1ccccc1)C(=O)O. The number of hydrogen-bond donors (Lipinski definition) is 6. The highest BCUT2D eigenvalue weighted by atomic mass is 16.4. The van der Waals surface area contributed by atoms with Crippen LogP contribution in [0.3, 0.4) is 0 Å². The number of hydrogen-bond acceptors (Lipinski definition) is 6. The minimum Gasteiger partial charge on any atom is -0.508 e. The molecular formula is C26H32N4O6. The number of carbonyl (C=O) groups excluding carboxylic acids is 3. The number of carboxylic acid groups (broad SMARTS) is 1. The zero-order valence-electron chi connectivity index (χ0n) is 20.1. The summed E-state index contributed by atoms with van der Waals surface area (Å²) in [7, 11) is 0. The van der Waals surface area contributed by atoms with Gasteiger partial charge in [-0.05, 0) is 49.6 Å². The monoisotopic (exact) mass is 496 g/mol. The fourth-order valence-corrected chi connectivity index (χ4v) is 3.98. The third-order valence-electron chi connectivity index (χ3n) is 6.04. The molecule has 192 valence electrons. The highest BCUT2D eigenvalue weighted by molar-refractivity contribution is 5.94. The van der Waals surface area contributed by atoms with E-state index in [4.69, 9.17) is 0 Å². The van der Waals surface area contributed by atoms with E-state index in [2.05, 4.69) is 21.3 Å². The Morgan fingerprint density at radius 1 is 0.889 bits per heavy atom. The van der Waals surface area contributed by atoms with Crippen molar-refractivity contribution in [3.05, 3.63) is 65.7 Å². The molecule has 1 aliphatic heterocycles. The van der Waals surface area contributed by atoms with Gasteiger partial charge in [-0.2, -0.15) is 0 Å². The van der Waals surface area contributed by atoms with Gasteiger partial charge >= 0.3 is 5.97 Å². The summed E-state index contributed by atoms with van der Waals surface area (Å²) in [5.74, 6) is -2.65. The van der Waals surface area contributed by atoms with Crippen molar-refractivity contribution in [2.45, 2.75) is 56.8 Å². The second-order valence-electron chi connectivity index (χ2n) is 8.90. The first-order valence-corrected chi connectivity index (χ1v) is 11.9. The summed E-state index contributed by atoms with van der Waals surface area (Å²) < 4.78 is 0. The van der Waals surface area contributed by atoms with Gasteiger partial charge in [-0.25, -0.2) is 4.79 Å². The molecule has 0 aromatic heterocycles. The van der Waals surface area contributed by atoms with Gasteiger partial charge in [-0.3, -0.25) is 14.4 Å². The molecule has 36 heavy (non-hydrogen) atoms. The Balaban J connectivity index is 1.64. The van der Waals surface area contributed by atoms with Crippen LogP contribution in [0.25, 0.3) is 0 Å². The van der Waals surface area contributed by atoms with Gasteiger partial charge in [0.25, 0.3) is 0 Å². The number of rotatable bonds is 11. The number of nitrogens with one attached hydrogen (secondary N) is 4. The molecule has 10 heteroatoms. The third-order valence-corrected chi connectivity index (χ3v) is 6.04. The minimum atomic E-state index is -1.19. The van der Waals surface area contributed by atoms with Crippen LogP contribution in [0, 0.1) is 0 Å². The Bertz CT molecular complexity index is 1050. The molecule has 3 rings (SSSR count). The lowest BCUT2D eigenvalue weighted by Gasteiger charge is -2.24. The molecule has 0 aliphatic carbocycles.